The summed E-state index contributed by atoms with van der Waals surface area (Å²) in [6.45, 7) is 7.51. The standard InChI is InChI=1S/C28H24ClN3O3S/c1-16-5-10-21(11-6-16)36(34,35)32-24(20-9-8-18(3)30-14-20)13-22-27(29)23(15-31-28(22)32)26-17(2)7-12-25(33)19(26)4/h5-15,33H,1-4H3. The molecule has 1 N–H and O–H groups in total. The van der Waals surface area contributed by atoms with E-state index in [2.05, 4.69) is 9.97 Å². The summed E-state index contributed by atoms with van der Waals surface area (Å²) in [6, 6.07) is 15.5. The monoisotopic (exact) mass is 517 g/mol. The van der Waals surface area contributed by atoms with E-state index in [4.69, 9.17) is 11.6 Å². The van der Waals surface area contributed by atoms with Gasteiger partial charge in [0.1, 0.15) is 5.75 Å². The van der Waals surface area contributed by atoms with Gasteiger partial charge in [0.2, 0.25) is 0 Å². The highest BCUT2D eigenvalue weighted by Gasteiger charge is 2.27. The Morgan fingerprint density at radius 1 is 0.889 bits per heavy atom. The van der Waals surface area contributed by atoms with Gasteiger partial charge in [-0.25, -0.2) is 17.4 Å². The molecule has 0 saturated carbocycles. The number of fused-ring (bicyclic) bond motifs is 1. The molecule has 0 saturated heterocycles. The molecule has 0 aliphatic carbocycles. The van der Waals surface area contributed by atoms with Crippen LogP contribution < -0.4 is 0 Å². The van der Waals surface area contributed by atoms with E-state index in [0.29, 0.717) is 32.8 Å². The van der Waals surface area contributed by atoms with Gasteiger partial charge in [-0.05, 0) is 80.8 Å². The minimum atomic E-state index is -4.02. The Bertz CT molecular complexity index is 1740. The summed E-state index contributed by atoms with van der Waals surface area (Å²) < 4.78 is 29.1. The minimum absolute atomic E-state index is 0.147. The predicted molar refractivity (Wildman–Crippen MR) is 143 cm³/mol. The molecule has 0 amide bonds. The van der Waals surface area contributed by atoms with Gasteiger partial charge in [-0.2, -0.15) is 0 Å². The third-order valence-electron chi connectivity index (χ3n) is 6.40. The number of aromatic nitrogens is 3. The Labute approximate surface area is 214 Å². The highest BCUT2D eigenvalue weighted by atomic mass is 35.5. The van der Waals surface area contributed by atoms with Crippen LogP contribution in [0.5, 0.6) is 5.75 Å². The van der Waals surface area contributed by atoms with Gasteiger partial charge in [0.25, 0.3) is 10.0 Å². The number of halogens is 1. The second-order valence-electron chi connectivity index (χ2n) is 8.93. The van der Waals surface area contributed by atoms with Crippen LogP contribution in [-0.4, -0.2) is 27.5 Å². The van der Waals surface area contributed by atoms with Gasteiger partial charge in [0, 0.05) is 34.6 Å². The molecule has 0 radical (unpaired) electrons. The molecule has 3 aromatic heterocycles. The minimum Gasteiger partial charge on any atom is -0.508 e. The van der Waals surface area contributed by atoms with Gasteiger partial charge in [-0.1, -0.05) is 35.4 Å². The number of rotatable bonds is 4. The van der Waals surface area contributed by atoms with Gasteiger partial charge in [0.05, 0.1) is 15.6 Å². The third-order valence-corrected chi connectivity index (χ3v) is 8.53. The van der Waals surface area contributed by atoms with Crippen LogP contribution in [0.3, 0.4) is 0 Å². The zero-order chi connectivity index (χ0) is 25.8. The Morgan fingerprint density at radius 2 is 1.61 bits per heavy atom. The first-order valence-corrected chi connectivity index (χ1v) is 13.2. The molecular formula is C28H24ClN3O3S. The lowest BCUT2D eigenvalue weighted by atomic mass is 9.95. The summed E-state index contributed by atoms with van der Waals surface area (Å²) >= 11 is 6.94. The number of phenolic OH excluding ortho intramolecular Hbond substituents is 1. The van der Waals surface area contributed by atoms with Crippen molar-refractivity contribution in [3.05, 3.63) is 94.4 Å². The number of aromatic hydroxyl groups is 1. The summed E-state index contributed by atoms with van der Waals surface area (Å²) in [6.07, 6.45) is 3.21. The highest BCUT2D eigenvalue weighted by molar-refractivity contribution is 7.90. The molecule has 0 aliphatic rings. The zero-order valence-electron chi connectivity index (χ0n) is 20.2. The van der Waals surface area contributed by atoms with E-state index in [9.17, 15) is 13.5 Å². The summed E-state index contributed by atoms with van der Waals surface area (Å²) in [7, 11) is -4.02. The van der Waals surface area contributed by atoms with Gasteiger partial charge in [-0.3, -0.25) is 4.98 Å². The van der Waals surface area contributed by atoms with Crippen LogP contribution in [-0.2, 0) is 10.0 Å². The first-order chi connectivity index (χ1) is 17.1. The molecule has 0 atom stereocenters. The van der Waals surface area contributed by atoms with Crippen molar-refractivity contribution < 1.29 is 13.5 Å². The molecule has 0 fully saturated rings. The van der Waals surface area contributed by atoms with Crippen molar-refractivity contribution in [2.45, 2.75) is 32.6 Å². The lowest BCUT2D eigenvalue weighted by Crippen LogP contribution is -2.15. The summed E-state index contributed by atoms with van der Waals surface area (Å²) in [5.74, 6) is 0.151. The number of aryl methyl sites for hydroxylation is 3. The number of hydrogen-bond donors (Lipinski definition) is 1. The number of nitrogens with zero attached hydrogens (tertiary/aromatic N) is 3. The largest absolute Gasteiger partial charge is 0.508 e. The third kappa shape index (κ3) is 3.85. The van der Waals surface area contributed by atoms with Gasteiger partial charge in [-0.15, -0.1) is 0 Å². The highest BCUT2D eigenvalue weighted by Crippen LogP contribution is 2.42. The van der Waals surface area contributed by atoms with E-state index in [1.165, 1.54) is 3.97 Å². The van der Waals surface area contributed by atoms with Crippen molar-refractivity contribution in [2.75, 3.05) is 0 Å². The topological polar surface area (TPSA) is 85.1 Å². The van der Waals surface area contributed by atoms with E-state index >= 15 is 0 Å². The zero-order valence-corrected chi connectivity index (χ0v) is 21.8. The Balaban J connectivity index is 1.85. The van der Waals surface area contributed by atoms with Crippen LogP contribution in [0.2, 0.25) is 5.02 Å². The summed E-state index contributed by atoms with van der Waals surface area (Å²) in [5, 5.41) is 11.2. The SMILES string of the molecule is Cc1ccc(S(=O)(=O)n2c(-c3ccc(C)nc3)cc3c(Cl)c(-c4c(C)ccc(O)c4C)cnc32)cc1. The number of hydrogen-bond acceptors (Lipinski definition) is 5. The lowest BCUT2D eigenvalue weighted by molar-refractivity contribution is 0.471. The van der Waals surface area contributed by atoms with E-state index in [-0.39, 0.29) is 16.3 Å². The smallest absolute Gasteiger partial charge is 0.269 e. The second kappa shape index (κ2) is 8.76. The molecule has 8 heteroatoms. The Kier molecular flexibility index (Phi) is 5.85. The van der Waals surface area contributed by atoms with Crippen molar-refractivity contribution >= 4 is 32.7 Å². The molecule has 36 heavy (non-hydrogen) atoms. The van der Waals surface area contributed by atoms with E-state index in [0.717, 1.165) is 22.4 Å². The van der Waals surface area contributed by atoms with Gasteiger partial charge < -0.3 is 5.11 Å². The van der Waals surface area contributed by atoms with Gasteiger partial charge in [0.15, 0.2) is 5.65 Å². The quantitative estimate of drug-likeness (QED) is 0.290. The van der Waals surface area contributed by atoms with Crippen LogP contribution in [0.1, 0.15) is 22.4 Å². The molecule has 0 bridgehead atoms. The van der Waals surface area contributed by atoms with Crippen LogP contribution in [0.25, 0.3) is 33.4 Å². The first-order valence-electron chi connectivity index (χ1n) is 11.3. The molecule has 182 valence electrons. The molecule has 6 nitrogen and oxygen atoms in total. The average Bonchev–Trinajstić information content (AvgIpc) is 3.25. The maximum Gasteiger partial charge on any atom is 0.269 e. The number of benzene rings is 2. The van der Waals surface area contributed by atoms with Crippen molar-refractivity contribution in [3.8, 4) is 28.1 Å². The molecule has 5 aromatic rings. The molecular weight excluding hydrogens is 494 g/mol. The van der Waals surface area contributed by atoms with E-state index < -0.39 is 10.0 Å². The Hall–Kier alpha value is -3.68. The van der Waals surface area contributed by atoms with E-state index in [1.807, 2.05) is 45.9 Å². The second-order valence-corrected chi connectivity index (χ2v) is 11.1. The maximum atomic E-state index is 13.9. The van der Waals surface area contributed by atoms with Crippen LogP contribution >= 0.6 is 11.6 Å². The molecule has 0 unspecified atom stereocenters. The fraction of sp³-hybridized carbons (Fsp3) is 0.143. The van der Waals surface area contributed by atoms with Crippen molar-refractivity contribution in [3.63, 3.8) is 0 Å². The van der Waals surface area contributed by atoms with Gasteiger partial charge >= 0.3 is 0 Å². The van der Waals surface area contributed by atoms with Crippen LogP contribution in [0.4, 0.5) is 0 Å². The van der Waals surface area contributed by atoms with Crippen LogP contribution in [0, 0.1) is 27.7 Å². The average molecular weight is 518 g/mol. The predicted octanol–water partition coefficient (Wildman–Crippen LogP) is 6.59. The molecule has 0 spiro atoms. The van der Waals surface area contributed by atoms with Crippen molar-refractivity contribution in [1.29, 1.82) is 0 Å². The summed E-state index contributed by atoms with van der Waals surface area (Å²) in [4.78, 5) is 9.11. The molecule has 3 heterocycles. The van der Waals surface area contributed by atoms with Crippen LogP contribution in [0.15, 0.2) is 71.9 Å². The van der Waals surface area contributed by atoms with Crippen molar-refractivity contribution in [2.24, 2.45) is 0 Å². The lowest BCUT2D eigenvalue weighted by Gasteiger charge is -2.14. The maximum absolute atomic E-state index is 13.9. The molecule has 0 aliphatic heterocycles. The number of phenols is 1. The fourth-order valence-electron chi connectivity index (χ4n) is 4.40. The van der Waals surface area contributed by atoms with E-state index in [1.54, 1.807) is 48.8 Å². The number of pyridine rings is 2. The molecule has 2 aromatic carbocycles. The molecule has 5 rings (SSSR count). The normalized spacial score (nSPS) is 11.8. The Morgan fingerprint density at radius 3 is 2.28 bits per heavy atom. The van der Waals surface area contributed by atoms with Crippen molar-refractivity contribution in [1.82, 2.24) is 13.9 Å². The summed E-state index contributed by atoms with van der Waals surface area (Å²) in [5.41, 5.74) is 6.00. The first kappa shape index (κ1) is 24.0. The fourth-order valence-corrected chi connectivity index (χ4v) is 6.16.